The number of nitrogens with two attached hydrogens (primary N) is 1. The van der Waals surface area contributed by atoms with Gasteiger partial charge in [0.15, 0.2) is 5.96 Å². The standard InChI is InChI=1S/C10H21N3O/c1-8(2)6-12-9(11)13-10(7-14)4-3-5-10/h8,14H,3-7H2,1-2H3,(H3,11,12,13). The summed E-state index contributed by atoms with van der Waals surface area (Å²) < 4.78 is 0. The van der Waals surface area contributed by atoms with Crippen LogP contribution in [0.15, 0.2) is 4.99 Å². The minimum Gasteiger partial charge on any atom is -0.394 e. The molecule has 0 bridgehead atoms. The first-order valence-corrected chi connectivity index (χ1v) is 5.27. The van der Waals surface area contributed by atoms with Gasteiger partial charge in [0.2, 0.25) is 0 Å². The van der Waals surface area contributed by atoms with E-state index in [9.17, 15) is 5.11 Å². The van der Waals surface area contributed by atoms with Gasteiger partial charge >= 0.3 is 0 Å². The van der Waals surface area contributed by atoms with Crippen LogP contribution < -0.4 is 11.1 Å². The molecular weight excluding hydrogens is 178 g/mol. The van der Waals surface area contributed by atoms with Crippen LogP contribution >= 0.6 is 0 Å². The molecule has 1 rings (SSSR count). The number of hydrogen-bond acceptors (Lipinski definition) is 2. The van der Waals surface area contributed by atoms with Gasteiger partial charge in [0.1, 0.15) is 0 Å². The van der Waals surface area contributed by atoms with Gasteiger partial charge in [-0.1, -0.05) is 13.8 Å². The van der Waals surface area contributed by atoms with E-state index in [2.05, 4.69) is 24.2 Å². The van der Waals surface area contributed by atoms with Crippen LogP contribution in [0.5, 0.6) is 0 Å². The highest BCUT2D eigenvalue weighted by Crippen LogP contribution is 2.30. The number of nitrogens with zero attached hydrogens (tertiary/aromatic N) is 1. The molecule has 0 spiro atoms. The summed E-state index contributed by atoms with van der Waals surface area (Å²) in [5.41, 5.74) is 5.54. The van der Waals surface area contributed by atoms with Gasteiger partial charge < -0.3 is 16.2 Å². The van der Waals surface area contributed by atoms with E-state index in [1.807, 2.05) is 0 Å². The van der Waals surface area contributed by atoms with Crippen molar-refractivity contribution in [3.05, 3.63) is 0 Å². The van der Waals surface area contributed by atoms with E-state index in [0.717, 1.165) is 25.8 Å². The maximum Gasteiger partial charge on any atom is 0.189 e. The first kappa shape index (κ1) is 11.3. The molecule has 82 valence electrons. The van der Waals surface area contributed by atoms with Crippen molar-refractivity contribution in [2.24, 2.45) is 16.6 Å². The molecule has 0 heterocycles. The quantitative estimate of drug-likeness (QED) is 0.455. The second kappa shape index (κ2) is 4.64. The molecule has 4 heteroatoms. The lowest BCUT2D eigenvalue weighted by atomic mass is 9.77. The molecule has 0 amide bonds. The number of aliphatic imine (C=N–C) groups is 1. The molecule has 1 aliphatic rings. The number of nitrogens with one attached hydrogen (secondary N) is 1. The van der Waals surface area contributed by atoms with Crippen molar-refractivity contribution in [3.63, 3.8) is 0 Å². The monoisotopic (exact) mass is 199 g/mol. The molecule has 1 fully saturated rings. The van der Waals surface area contributed by atoms with E-state index in [1.54, 1.807) is 0 Å². The summed E-state index contributed by atoms with van der Waals surface area (Å²) in [6, 6.07) is 0. The van der Waals surface area contributed by atoms with Gasteiger partial charge in [0, 0.05) is 6.54 Å². The average Bonchev–Trinajstić information content (AvgIpc) is 2.08. The molecule has 14 heavy (non-hydrogen) atoms. The summed E-state index contributed by atoms with van der Waals surface area (Å²) >= 11 is 0. The Hall–Kier alpha value is -0.770. The van der Waals surface area contributed by atoms with Crippen molar-refractivity contribution < 1.29 is 5.11 Å². The second-order valence-electron chi connectivity index (χ2n) is 4.54. The van der Waals surface area contributed by atoms with Crippen LogP contribution in [0.25, 0.3) is 0 Å². The van der Waals surface area contributed by atoms with E-state index in [0.29, 0.717) is 11.9 Å². The van der Waals surface area contributed by atoms with Crippen LogP contribution in [0.2, 0.25) is 0 Å². The Labute approximate surface area is 85.6 Å². The highest BCUT2D eigenvalue weighted by molar-refractivity contribution is 5.78. The summed E-state index contributed by atoms with van der Waals surface area (Å²) in [5.74, 6) is 0.981. The van der Waals surface area contributed by atoms with Gasteiger partial charge in [-0.2, -0.15) is 0 Å². The van der Waals surface area contributed by atoms with Gasteiger partial charge in [0.05, 0.1) is 12.1 Å². The number of hydrogen-bond donors (Lipinski definition) is 3. The van der Waals surface area contributed by atoms with Crippen molar-refractivity contribution in [2.75, 3.05) is 13.2 Å². The molecule has 1 saturated carbocycles. The molecule has 0 saturated heterocycles. The maximum atomic E-state index is 9.19. The molecule has 4 N–H and O–H groups in total. The highest BCUT2D eigenvalue weighted by Gasteiger charge is 2.36. The smallest absolute Gasteiger partial charge is 0.189 e. The van der Waals surface area contributed by atoms with E-state index in [1.165, 1.54) is 0 Å². The topological polar surface area (TPSA) is 70.6 Å². The van der Waals surface area contributed by atoms with Crippen molar-refractivity contribution >= 4 is 5.96 Å². The number of rotatable bonds is 4. The second-order valence-corrected chi connectivity index (χ2v) is 4.54. The fourth-order valence-electron chi connectivity index (χ4n) is 1.52. The number of aliphatic hydroxyl groups excluding tert-OH is 1. The average molecular weight is 199 g/mol. The molecular formula is C10H21N3O. The van der Waals surface area contributed by atoms with Crippen LogP contribution in [-0.4, -0.2) is 29.8 Å². The Morgan fingerprint density at radius 2 is 2.21 bits per heavy atom. The van der Waals surface area contributed by atoms with Gasteiger partial charge in [-0.3, -0.25) is 4.99 Å². The van der Waals surface area contributed by atoms with Crippen molar-refractivity contribution in [3.8, 4) is 0 Å². The Bertz CT molecular complexity index is 204. The van der Waals surface area contributed by atoms with E-state index < -0.39 is 0 Å². The first-order valence-electron chi connectivity index (χ1n) is 5.27. The number of aliphatic hydroxyl groups is 1. The molecule has 0 aromatic rings. The van der Waals surface area contributed by atoms with Gasteiger partial charge in [-0.15, -0.1) is 0 Å². The van der Waals surface area contributed by atoms with E-state index >= 15 is 0 Å². The maximum absolute atomic E-state index is 9.19. The molecule has 0 aliphatic heterocycles. The molecule has 0 atom stereocenters. The minimum absolute atomic E-state index is 0.144. The zero-order chi connectivity index (χ0) is 10.6. The lowest BCUT2D eigenvalue weighted by Gasteiger charge is -2.41. The van der Waals surface area contributed by atoms with E-state index in [4.69, 9.17) is 5.73 Å². The first-order chi connectivity index (χ1) is 6.58. The summed E-state index contributed by atoms with van der Waals surface area (Å²) in [6.45, 7) is 5.08. The van der Waals surface area contributed by atoms with Crippen LogP contribution in [0.3, 0.4) is 0 Å². The fourth-order valence-corrected chi connectivity index (χ4v) is 1.52. The normalized spacial score (nSPS) is 20.7. The zero-order valence-electron chi connectivity index (χ0n) is 9.08. The summed E-state index contributed by atoms with van der Waals surface area (Å²) in [5, 5.41) is 12.3. The van der Waals surface area contributed by atoms with Gasteiger partial charge in [-0.05, 0) is 25.2 Å². The fraction of sp³-hybridized carbons (Fsp3) is 0.900. The lowest BCUT2D eigenvalue weighted by Crippen LogP contribution is -2.58. The molecule has 0 aromatic heterocycles. The van der Waals surface area contributed by atoms with Crippen LogP contribution in [-0.2, 0) is 0 Å². The summed E-state index contributed by atoms with van der Waals surface area (Å²) in [6.07, 6.45) is 3.13. The van der Waals surface area contributed by atoms with Crippen LogP contribution in [0.1, 0.15) is 33.1 Å². The molecule has 0 radical (unpaired) electrons. The van der Waals surface area contributed by atoms with Crippen molar-refractivity contribution in [1.29, 1.82) is 0 Å². The Morgan fingerprint density at radius 3 is 2.57 bits per heavy atom. The third-order valence-corrected chi connectivity index (χ3v) is 2.63. The Kier molecular flexibility index (Phi) is 3.75. The molecule has 4 nitrogen and oxygen atoms in total. The van der Waals surface area contributed by atoms with Crippen LogP contribution in [0, 0.1) is 5.92 Å². The largest absolute Gasteiger partial charge is 0.394 e. The van der Waals surface area contributed by atoms with Crippen molar-refractivity contribution in [2.45, 2.75) is 38.6 Å². The predicted octanol–water partition coefficient (Wildman–Crippen LogP) is 0.462. The van der Waals surface area contributed by atoms with Gasteiger partial charge in [0.25, 0.3) is 0 Å². The van der Waals surface area contributed by atoms with E-state index in [-0.39, 0.29) is 12.1 Å². The summed E-state index contributed by atoms with van der Waals surface area (Å²) in [7, 11) is 0. The third kappa shape index (κ3) is 2.87. The molecule has 1 aliphatic carbocycles. The highest BCUT2D eigenvalue weighted by atomic mass is 16.3. The predicted molar refractivity (Wildman–Crippen MR) is 58.1 cm³/mol. The Balaban J connectivity index is 2.38. The Morgan fingerprint density at radius 1 is 1.57 bits per heavy atom. The third-order valence-electron chi connectivity index (χ3n) is 2.63. The summed E-state index contributed by atoms with van der Waals surface area (Å²) in [4.78, 5) is 4.21. The zero-order valence-corrected chi connectivity index (χ0v) is 9.08. The number of guanidine groups is 1. The minimum atomic E-state index is -0.176. The van der Waals surface area contributed by atoms with Crippen LogP contribution in [0.4, 0.5) is 0 Å². The van der Waals surface area contributed by atoms with Crippen molar-refractivity contribution in [1.82, 2.24) is 5.32 Å². The lowest BCUT2D eigenvalue weighted by molar-refractivity contribution is 0.107. The van der Waals surface area contributed by atoms with Gasteiger partial charge in [-0.25, -0.2) is 0 Å². The molecule has 0 aromatic carbocycles. The molecule has 0 unspecified atom stereocenters. The SMILES string of the molecule is CC(C)CN=C(N)NC1(CO)CCC1.